The van der Waals surface area contributed by atoms with E-state index in [0.717, 1.165) is 38.8 Å². The molecule has 1 aliphatic heterocycles. The van der Waals surface area contributed by atoms with Gasteiger partial charge in [-0.25, -0.2) is 0 Å². The van der Waals surface area contributed by atoms with Crippen molar-refractivity contribution in [3.05, 3.63) is 42.1 Å². The fourth-order valence-electron chi connectivity index (χ4n) is 4.04. The van der Waals surface area contributed by atoms with E-state index in [1.807, 2.05) is 0 Å². The molecular weight excluding hydrogens is 341 g/mol. The maximum Gasteiger partial charge on any atom is 0.435 e. The van der Waals surface area contributed by atoms with Crippen molar-refractivity contribution in [2.75, 3.05) is 18.0 Å². The van der Waals surface area contributed by atoms with Crippen molar-refractivity contribution in [1.29, 1.82) is 0 Å². The molecule has 4 nitrogen and oxygen atoms in total. The molecule has 2 aromatic rings. The Morgan fingerprint density at radius 2 is 1.54 bits per heavy atom. The Balaban J connectivity index is 1.56. The maximum atomic E-state index is 13.4. The van der Waals surface area contributed by atoms with Gasteiger partial charge in [-0.3, -0.25) is 0 Å². The Labute approximate surface area is 149 Å². The molecule has 2 aliphatic carbocycles. The monoisotopic (exact) mass is 360 g/mol. The molecule has 0 bridgehead atoms. The van der Waals surface area contributed by atoms with E-state index in [9.17, 15) is 13.2 Å². The van der Waals surface area contributed by atoms with Gasteiger partial charge in [-0.2, -0.15) is 13.2 Å². The van der Waals surface area contributed by atoms with Crippen LogP contribution >= 0.6 is 0 Å². The normalized spacial score (nSPS) is 22.7. The molecular formula is C19H19F3N4. The van der Waals surface area contributed by atoms with Gasteiger partial charge in [-0.15, -0.1) is 10.2 Å². The van der Waals surface area contributed by atoms with E-state index in [4.69, 9.17) is 0 Å². The average Bonchev–Trinajstić information content (AvgIpc) is 3.54. The smallest absolute Gasteiger partial charge is 0.351 e. The second-order valence-corrected chi connectivity index (χ2v) is 7.87. The lowest BCUT2D eigenvalue weighted by Crippen LogP contribution is -2.60. The average molecular weight is 360 g/mol. The summed E-state index contributed by atoms with van der Waals surface area (Å²) in [5.74, 6) is 0.538. The molecule has 1 saturated heterocycles. The van der Waals surface area contributed by atoms with Gasteiger partial charge in [0.1, 0.15) is 0 Å². The summed E-state index contributed by atoms with van der Waals surface area (Å²) in [6.07, 6.45) is -0.0684. The highest BCUT2D eigenvalue weighted by Gasteiger charge is 2.58. The number of halogens is 3. The topological polar surface area (TPSA) is 41.1 Å². The second kappa shape index (κ2) is 5.19. The first-order valence-corrected chi connectivity index (χ1v) is 8.93. The molecule has 5 rings (SSSR count). The number of anilines is 1. The van der Waals surface area contributed by atoms with Crippen LogP contribution in [0.5, 0.6) is 0 Å². The Hall–Kier alpha value is -2.15. The molecule has 1 aromatic heterocycles. The number of benzene rings is 1. The minimum Gasteiger partial charge on any atom is -0.351 e. The van der Waals surface area contributed by atoms with Gasteiger partial charge in [-0.05, 0) is 37.3 Å². The third kappa shape index (κ3) is 2.74. The highest BCUT2D eigenvalue weighted by atomic mass is 19.4. The van der Waals surface area contributed by atoms with Gasteiger partial charge in [0.2, 0.25) is 0 Å². The van der Waals surface area contributed by atoms with Crippen molar-refractivity contribution in [2.45, 2.75) is 42.9 Å². The second-order valence-electron chi connectivity index (χ2n) is 7.87. The molecule has 2 heterocycles. The van der Waals surface area contributed by atoms with Gasteiger partial charge in [0.25, 0.3) is 0 Å². The predicted octanol–water partition coefficient (Wildman–Crippen LogP) is 3.64. The van der Waals surface area contributed by atoms with Crippen molar-refractivity contribution in [3.8, 4) is 11.1 Å². The third-order valence-corrected chi connectivity index (χ3v) is 5.68. The highest BCUT2D eigenvalue weighted by Crippen LogP contribution is 2.49. The molecule has 3 fully saturated rings. The van der Waals surface area contributed by atoms with E-state index in [1.54, 1.807) is 36.4 Å². The molecule has 0 unspecified atom stereocenters. The lowest BCUT2D eigenvalue weighted by molar-refractivity contribution is -0.141. The summed E-state index contributed by atoms with van der Waals surface area (Å²) < 4.78 is 40.3. The number of piperazine rings is 1. The van der Waals surface area contributed by atoms with Gasteiger partial charge < -0.3 is 10.2 Å². The molecule has 1 aromatic carbocycles. The van der Waals surface area contributed by atoms with Gasteiger partial charge in [0.15, 0.2) is 11.5 Å². The van der Waals surface area contributed by atoms with Crippen molar-refractivity contribution in [1.82, 2.24) is 15.5 Å². The SMILES string of the molecule is FC(F)(F)c1nnc(N2CC3(CC3)NC3(CC3)C2)cc1-c1ccccc1. The van der Waals surface area contributed by atoms with Gasteiger partial charge in [0, 0.05) is 29.7 Å². The number of hydrogen-bond acceptors (Lipinski definition) is 4. The molecule has 26 heavy (non-hydrogen) atoms. The molecule has 1 N–H and O–H groups in total. The van der Waals surface area contributed by atoms with Gasteiger partial charge in [-0.1, -0.05) is 30.3 Å². The van der Waals surface area contributed by atoms with Crippen molar-refractivity contribution in [2.24, 2.45) is 0 Å². The first kappa shape index (κ1) is 16.1. The van der Waals surface area contributed by atoms with Crippen molar-refractivity contribution >= 4 is 5.82 Å². The molecule has 2 saturated carbocycles. The standard InChI is InChI=1S/C19H19F3N4/c20-19(21,22)16-14(13-4-2-1-3-5-13)10-15(23-24-16)26-11-17(6-7-17)25-18(12-26)8-9-18/h1-5,10,25H,6-9,11-12H2. The van der Waals surface area contributed by atoms with E-state index < -0.39 is 11.9 Å². The summed E-state index contributed by atoms with van der Waals surface area (Å²) in [4.78, 5) is 2.12. The minimum absolute atomic E-state index is 0.0938. The van der Waals surface area contributed by atoms with Crippen LogP contribution in [0.15, 0.2) is 36.4 Å². The number of rotatable bonds is 2. The number of nitrogens with zero attached hydrogens (tertiary/aromatic N) is 3. The molecule has 0 atom stereocenters. The number of nitrogens with one attached hydrogen (secondary N) is 1. The van der Waals surface area contributed by atoms with Crippen LogP contribution in [-0.4, -0.2) is 34.4 Å². The Morgan fingerprint density at radius 1 is 0.923 bits per heavy atom. The van der Waals surface area contributed by atoms with Gasteiger partial charge >= 0.3 is 6.18 Å². The Morgan fingerprint density at radius 3 is 2.08 bits per heavy atom. The van der Waals surface area contributed by atoms with Crippen LogP contribution in [0.25, 0.3) is 11.1 Å². The van der Waals surface area contributed by atoms with Crippen LogP contribution in [-0.2, 0) is 6.18 Å². The quantitative estimate of drug-likeness (QED) is 0.888. The summed E-state index contributed by atoms with van der Waals surface area (Å²) in [5.41, 5.74) is -0.0903. The van der Waals surface area contributed by atoms with E-state index >= 15 is 0 Å². The molecule has 2 spiro atoms. The Bertz CT molecular complexity index is 822. The number of hydrogen-bond donors (Lipinski definition) is 1. The first-order valence-electron chi connectivity index (χ1n) is 8.93. The maximum absolute atomic E-state index is 13.4. The van der Waals surface area contributed by atoms with E-state index in [2.05, 4.69) is 20.4 Å². The molecule has 3 aliphatic rings. The third-order valence-electron chi connectivity index (χ3n) is 5.68. The lowest BCUT2D eigenvalue weighted by atomic mass is 10.0. The van der Waals surface area contributed by atoms with Crippen LogP contribution in [0.1, 0.15) is 31.4 Å². The van der Waals surface area contributed by atoms with Crippen molar-refractivity contribution < 1.29 is 13.2 Å². The van der Waals surface area contributed by atoms with E-state index in [-0.39, 0.29) is 16.6 Å². The van der Waals surface area contributed by atoms with Crippen LogP contribution < -0.4 is 10.2 Å². The highest BCUT2D eigenvalue weighted by molar-refractivity contribution is 5.69. The number of aromatic nitrogens is 2. The fourth-order valence-corrected chi connectivity index (χ4v) is 4.04. The van der Waals surface area contributed by atoms with E-state index in [0.29, 0.717) is 11.4 Å². The summed E-state index contributed by atoms with van der Waals surface area (Å²) in [5, 5.41) is 11.3. The summed E-state index contributed by atoms with van der Waals surface area (Å²) in [7, 11) is 0. The van der Waals surface area contributed by atoms with Crippen LogP contribution in [0, 0.1) is 0 Å². The largest absolute Gasteiger partial charge is 0.435 e. The van der Waals surface area contributed by atoms with Crippen LogP contribution in [0.3, 0.4) is 0 Å². The van der Waals surface area contributed by atoms with Gasteiger partial charge in [0.05, 0.1) is 0 Å². The zero-order valence-corrected chi connectivity index (χ0v) is 14.2. The minimum atomic E-state index is -4.53. The fraction of sp³-hybridized carbons (Fsp3) is 0.474. The van der Waals surface area contributed by atoms with Crippen LogP contribution in [0.4, 0.5) is 19.0 Å². The molecule has 0 amide bonds. The molecule has 7 heteroatoms. The van der Waals surface area contributed by atoms with Crippen LogP contribution in [0.2, 0.25) is 0 Å². The Kier molecular flexibility index (Phi) is 3.20. The number of alkyl halides is 3. The lowest BCUT2D eigenvalue weighted by Gasteiger charge is -2.40. The predicted molar refractivity (Wildman–Crippen MR) is 91.7 cm³/mol. The zero-order chi connectivity index (χ0) is 18.0. The molecule has 0 radical (unpaired) electrons. The molecule has 136 valence electrons. The van der Waals surface area contributed by atoms with E-state index in [1.165, 1.54) is 0 Å². The van der Waals surface area contributed by atoms with Crippen molar-refractivity contribution in [3.63, 3.8) is 0 Å². The summed E-state index contributed by atoms with van der Waals surface area (Å²) in [6, 6.07) is 10.2. The first-order chi connectivity index (χ1) is 12.4. The summed E-state index contributed by atoms with van der Waals surface area (Å²) in [6.45, 7) is 1.56. The zero-order valence-electron chi connectivity index (χ0n) is 14.2. The summed E-state index contributed by atoms with van der Waals surface area (Å²) >= 11 is 0.